The summed E-state index contributed by atoms with van der Waals surface area (Å²) in [5.41, 5.74) is 0.727. The van der Waals surface area contributed by atoms with Crippen LogP contribution >= 0.6 is 0 Å². The van der Waals surface area contributed by atoms with Crippen LogP contribution in [0.4, 0.5) is 18.0 Å². The maximum Gasteiger partial charge on any atom is 0.422 e. The van der Waals surface area contributed by atoms with Crippen molar-refractivity contribution < 1.29 is 32.6 Å². The van der Waals surface area contributed by atoms with Crippen LogP contribution < -0.4 is 10.1 Å². The molecule has 1 saturated heterocycles. The van der Waals surface area contributed by atoms with E-state index in [1.165, 1.54) is 17.2 Å². The second-order valence-electron chi connectivity index (χ2n) is 6.67. The highest BCUT2D eigenvalue weighted by Crippen LogP contribution is 2.22. The molecule has 1 fully saturated rings. The maximum atomic E-state index is 12.2. The summed E-state index contributed by atoms with van der Waals surface area (Å²) in [6, 6.07) is 2.59. The molecule has 2 unspecified atom stereocenters. The molecule has 2 amide bonds. The first-order chi connectivity index (χ1) is 12.6. The van der Waals surface area contributed by atoms with Crippen molar-refractivity contribution in [3.63, 3.8) is 0 Å². The highest BCUT2D eigenvalue weighted by Gasteiger charge is 2.31. The zero-order chi connectivity index (χ0) is 20.0. The third-order valence-corrected chi connectivity index (χ3v) is 4.17. The summed E-state index contributed by atoms with van der Waals surface area (Å²) < 4.78 is 40.8. The molecule has 0 saturated carbocycles. The lowest BCUT2D eigenvalue weighted by molar-refractivity contribution is -0.154. The van der Waals surface area contributed by atoms with Crippen LogP contribution in [-0.2, 0) is 11.2 Å². The zero-order valence-electron chi connectivity index (χ0n) is 14.8. The highest BCUT2D eigenvalue weighted by atomic mass is 19.4. The molecule has 27 heavy (non-hydrogen) atoms. The number of carbonyl (C=O) groups is 2. The second-order valence-corrected chi connectivity index (χ2v) is 6.67. The van der Waals surface area contributed by atoms with Crippen molar-refractivity contribution in [1.29, 1.82) is 0 Å². The van der Waals surface area contributed by atoms with Gasteiger partial charge in [0.1, 0.15) is 0 Å². The lowest BCUT2D eigenvalue weighted by Crippen LogP contribution is -2.49. The number of carboxylic acids is 1. The molecule has 2 N–H and O–H groups in total. The molecule has 1 aliphatic heterocycles. The first-order valence-electron chi connectivity index (χ1n) is 8.54. The molecule has 150 valence electrons. The summed E-state index contributed by atoms with van der Waals surface area (Å²) in [6.45, 7) is 1.48. The molecule has 10 heteroatoms. The second kappa shape index (κ2) is 8.92. The predicted octanol–water partition coefficient (Wildman–Crippen LogP) is 2.32. The number of carbonyl (C=O) groups excluding carboxylic acids is 1. The van der Waals surface area contributed by atoms with Gasteiger partial charge in [0.05, 0.1) is 5.92 Å². The molecule has 2 heterocycles. The summed E-state index contributed by atoms with van der Waals surface area (Å²) in [5, 5.41) is 11.9. The number of rotatable bonds is 6. The SMILES string of the molecule is CC1CC(C(=O)O)CN(C(=O)NCCc2ccc(OCC(F)(F)F)nc2)C1. The summed E-state index contributed by atoms with van der Waals surface area (Å²) in [6.07, 6.45) is -2.05. The number of ether oxygens (including phenoxy) is 1. The van der Waals surface area contributed by atoms with Gasteiger partial charge in [-0.1, -0.05) is 13.0 Å². The number of pyridine rings is 1. The van der Waals surface area contributed by atoms with E-state index in [1.807, 2.05) is 6.92 Å². The largest absolute Gasteiger partial charge is 0.481 e. The number of carboxylic acid groups (broad SMARTS) is 1. The number of halogens is 3. The molecule has 2 rings (SSSR count). The van der Waals surface area contributed by atoms with E-state index in [2.05, 4.69) is 15.0 Å². The minimum atomic E-state index is -4.42. The van der Waals surface area contributed by atoms with Gasteiger partial charge in [-0.15, -0.1) is 0 Å². The van der Waals surface area contributed by atoms with Gasteiger partial charge in [0.25, 0.3) is 0 Å². The molecule has 0 spiro atoms. The van der Waals surface area contributed by atoms with Crippen LogP contribution in [0, 0.1) is 11.8 Å². The summed E-state index contributed by atoms with van der Waals surface area (Å²) >= 11 is 0. The highest BCUT2D eigenvalue weighted by molar-refractivity contribution is 5.76. The third-order valence-electron chi connectivity index (χ3n) is 4.17. The average Bonchev–Trinajstić information content (AvgIpc) is 2.59. The molecule has 1 aromatic rings. The van der Waals surface area contributed by atoms with Crippen LogP contribution in [0.15, 0.2) is 18.3 Å². The van der Waals surface area contributed by atoms with Crippen molar-refractivity contribution in [2.24, 2.45) is 11.8 Å². The number of hydrogen-bond donors (Lipinski definition) is 2. The summed E-state index contributed by atoms with van der Waals surface area (Å²) in [5.74, 6) is -1.48. The number of aliphatic carboxylic acids is 1. The lowest BCUT2D eigenvalue weighted by atomic mass is 9.91. The van der Waals surface area contributed by atoms with E-state index in [9.17, 15) is 22.8 Å². The number of nitrogens with zero attached hydrogens (tertiary/aromatic N) is 2. The van der Waals surface area contributed by atoms with Gasteiger partial charge in [0.15, 0.2) is 6.61 Å². The number of amides is 2. The van der Waals surface area contributed by atoms with E-state index in [0.29, 0.717) is 25.9 Å². The van der Waals surface area contributed by atoms with Crippen molar-refractivity contribution in [3.8, 4) is 5.88 Å². The smallest absolute Gasteiger partial charge is 0.422 e. The Morgan fingerprint density at radius 3 is 2.70 bits per heavy atom. The van der Waals surface area contributed by atoms with E-state index in [4.69, 9.17) is 5.11 Å². The van der Waals surface area contributed by atoms with Crippen LogP contribution in [0.25, 0.3) is 0 Å². The Balaban J connectivity index is 1.77. The fourth-order valence-electron chi connectivity index (χ4n) is 2.92. The Hall–Kier alpha value is -2.52. The number of nitrogens with one attached hydrogen (secondary N) is 1. The number of urea groups is 1. The first-order valence-corrected chi connectivity index (χ1v) is 8.54. The van der Waals surface area contributed by atoms with Gasteiger partial charge in [-0.25, -0.2) is 9.78 Å². The van der Waals surface area contributed by atoms with Crippen LogP contribution in [0.1, 0.15) is 18.9 Å². The Morgan fingerprint density at radius 2 is 2.11 bits per heavy atom. The molecule has 1 aromatic heterocycles. The van der Waals surface area contributed by atoms with Crippen LogP contribution in [0.5, 0.6) is 5.88 Å². The van der Waals surface area contributed by atoms with Crippen molar-refractivity contribution in [3.05, 3.63) is 23.9 Å². The van der Waals surface area contributed by atoms with Gasteiger partial charge in [-0.3, -0.25) is 4.79 Å². The minimum absolute atomic E-state index is 0.110. The Labute approximate surface area is 154 Å². The van der Waals surface area contributed by atoms with Gasteiger partial charge < -0.3 is 20.1 Å². The molecule has 0 aliphatic carbocycles. The van der Waals surface area contributed by atoms with Crippen LogP contribution in [-0.4, -0.2) is 59.4 Å². The molecular weight excluding hydrogens is 367 g/mol. The number of alkyl halides is 3. The standard InChI is InChI=1S/C17H22F3N3O4/c1-11-6-13(15(24)25)9-23(8-11)16(26)21-5-4-12-2-3-14(22-7-12)27-10-17(18,19)20/h2-3,7,11,13H,4-6,8-10H2,1H3,(H,21,26)(H,24,25). The van der Waals surface area contributed by atoms with Gasteiger partial charge in [-0.05, 0) is 24.3 Å². The molecule has 0 bridgehead atoms. The van der Waals surface area contributed by atoms with E-state index < -0.39 is 24.7 Å². The molecule has 7 nitrogen and oxygen atoms in total. The average molecular weight is 389 g/mol. The van der Waals surface area contributed by atoms with E-state index in [1.54, 1.807) is 6.07 Å². The minimum Gasteiger partial charge on any atom is -0.481 e. The number of hydrogen-bond acceptors (Lipinski definition) is 4. The first kappa shape index (κ1) is 20.8. The fraction of sp³-hybridized carbons (Fsp3) is 0.588. The van der Waals surface area contributed by atoms with Crippen molar-refractivity contribution >= 4 is 12.0 Å². The number of aromatic nitrogens is 1. The van der Waals surface area contributed by atoms with E-state index in [-0.39, 0.29) is 24.4 Å². The van der Waals surface area contributed by atoms with Gasteiger partial charge >= 0.3 is 18.2 Å². The van der Waals surface area contributed by atoms with Crippen molar-refractivity contribution in [2.75, 3.05) is 26.2 Å². The van der Waals surface area contributed by atoms with Gasteiger partial charge in [-0.2, -0.15) is 13.2 Å². The van der Waals surface area contributed by atoms with Crippen molar-refractivity contribution in [1.82, 2.24) is 15.2 Å². The Kier molecular flexibility index (Phi) is 6.86. The molecule has 2 atom stereocenters. The monoisotopic (exact) mass is 389 g/mol. The third kappa shape index (κ3) is 6.95. The van der Waals surface area contributed by atoms with E-state index in [0.717, 1.165) is 5.56 Å². The van der Waals surface area contributed by atoms with Gasteiger partial charge in [0.2, 0.25) is 5.88 Å². The van der Waals surface area contributed by atoms with Gasteiger partial charge in [0, 0.05) is 31.9 Å². The predicted molar refractivity (Wildman–Crippen MR) is 89.4 cm³/mol. The van der Waals surface area contributed by atoms with Crippen LogP contribution in [0.3, 0.4) is 0 Å². The molecular formula is C17H22F3N3O4. The fourth-order valence-corrected chi connectivity index (χ4v) is 2.92. The topological polar surface area (TPSA) is 91.8 Å². The molecule has 0 radical (unpaired) electrons. The van der Waals surface area contributed by atoms with E-state index >= 15 is 0 Å². The summed E-state index contributed by atoms with van der Waals surface area (Å²) in [7, 11) is 0. The quantitative estimate of drug-likeness (QED) is 0.779. The van der Waals surface area contributed by atoms with Crippen LogP contribution in [0.2, 0.25) is 0 Å². The molecule has 1 aliphatic rings. The molecule has 0 aromatic carbocycles. The number of likely N-dealkylation sites (tertiary alicyclic amines) is 1. The lowest BCUT2D eigenvalue weighted by Gasteiger charge is -2.34. The summed E-state index contributed by atoms with van der Waals surface area (Å²) in [4.78, 5) is 28.7. The zero-order valence-corrected chi connectivity index (χ0v) is 14.8. The van der Waals surface area contributed by atoms with Crippen molar-refractivity contribution in [2.45, 2.75) is 25.9 Å². The Bertz CT molecular complexity index is 652. The maximum absolute atomic E-state index is 12.2. The Morgan fingerprint density at radius 1 is 1.37 bits per heavy atom. The normalized spacial score (nSPS) is 20.2. The number of piperidine rings is 1.